The van der Waals surface area contributed by atoms with Crippen LogP contribution < -0.4 is 4.74 Å². The normalized spacial score (nSPS) is 10.2. The third kappa shape index (κ3) is 3.60. The summed E-state index contributed by atoms with van der Waals surface area (Å²) < 4.78 is 5.65. The minimum atomic E-state index is -0.843. The molecule has 0 aliphatic heterocycles. The van der Waals surface area contributed by atoms with Crippen LogP contribution in [0, 0.1) is 0 Å². The van der Waals surface area contributed by atoms with E-state index < -0.39 is 5.97 Å². The highest BCUT2D eigenvalue weighted by atomic mass is 32.1. The monoisotopic (exact) mass is 262 g/mol. The van der Waals surface area contributed by atoms with Crippen molar-refractivity contribution in [3.05, 3.63) is 52.2 Å². The van der Waals surface area contributed by atoms with E-state index in [-0.39, 0.29) is 6.42 Å². The Morgan fingerprint density at radius 3 is 2.78 bits per heavy atom. The number of carbonyl (C=O) groups is 1. The van der Waals surface area contributed by atoms with Gasteiger partial charge in [0.1, 0.15) is 5.75 Å². The number of benzene rings is 1. The fraction of sp³-hybridized carbons (Fsp3) is 0.214. The van der Waals surface area contributed by atoms with Crippen LogP contribution in [0.4, 0.5) is 0 Å². The number of aliphatic carboxylic acids is 1. The van der Waals surface area contributed by atoms with Crippen molar-refractivity contribution in [3.8, 4) is 5.75 Å². The molecule has 2 rings (SSSR count). The zero-order valence-electron chi connectivity index (χ0n) is 9.83. The molecule has 1 aromatic carbocycles. The first-order valence-corrected chi connectivity index (χ1v) is 6.58. The maximum absolute atomic E-state index is 10.7. The molecule has 0 bridgehead atoms. The standard InChI is InChI=1S/C14H14O3S/c15-14(16)10-11-4-1-2-6-13(11)17-8-7-12-5-3-9-18-12/h1-6,9H,7-8,10H2,(H,15,16). The molecular weight excluding hydrogens is 248 g/mol. The van der Waals surface area contributed by atoms with E-state index in [1.165, 1.54) is 4.88 Å². The molecule has 18 heavy (non-hydrogen) atoms. The van der Waals surface area contributed by atoms with Crippen molar-refractivity contribution in [3.63, 3.8) is 0 Å². The Morgan fingerprint density at radius 1 is 1.22 bits per heavy atom. The third-order valence-corrected chi connectivity index (χ3v) is 3.44. The molecule has 1 aromatic heterocycles. The van der Waals surface area contributed by atoms with Crippen molar-refractivity contribution >= 4 is 17.3 Å². The van der Waals surface area contributed by atoms with Gasteiger partial charge in [0.15, 0.2) is 0 Å². The Labute approximate surface area is 110 Å². The van der Waals surface area contributed by atoms with Crippen LogP contribution in [0.3, 0.4) is 0 Å². The summed E-state index contributed by atoms with van der Waals surface area (Å²) in [6.07, 6.45) is 0.842. The van der Waals surface area contributed by atoms with E-state index in [2.05, 4.69) is 6.07 Å². The van der Waals surface area contributed by atoms with Crippen LogP contribution in [0.15, 0.2) is 41.8 Å². The van der Waals surface area contributed by atoms with Gasteiger partial charge in [-0.1, -0.05) is 24.3 Å². The number of hydrogen-bond acceptors (Lipinski definition) is 3. The second kappa shape index (κ2) is 6.21. The van der Waals surface area contributed by atoms with E-state index in [0.29, 0.717) is 12.4 Å². The summed E-state index contributed by atoms with van der Waals surface area (Å²) in [5, 5.41) is 10.8. The fourth-order valence-corrected chi connectivity index (χ4v) is 2.36. The van der Waals surface area contributed by atoms with E-state index in [1.807, 2.05) is 29.6 Å². The number of ether oxygens (including phenoxy) is 1. The lowest BCUT2D eigenvalue weighted by atomic mass is 10.1. The first kappa shape index (κ1) is 12.6. The summed E-state index contributed by atoms with van der Waals surface area (Å²) in [5.74, 6) is -0.180. The van der Waals surface area contributed by atoms with E-state index >= 15 is 0 Å². The topological polar surface area (TPSA) is 46.5 Å². The minimum Gasteiger partial charge on any atom is -0.493 e. The molecule has 0 saturated carbocycles. The second-order valence-corrected chi connectivity index (χ2v) is 4.89. The molecule has 2 aromatic rings. The van der Waals surface area contributed by atoms with Gasteiger partial charge in [0.2, 0.25) is 0 Å². The molecule has 0 radical (unpaired) electrons. The van der Waals surface area contributed by atoms with E-state index in [9.17, 15) is 4.79 Å². The first-order valence-electron chi connectivity index (χ1n) is 5.70. The Bertz CT molecular complexity index is 506. The number of rotatable bonds is 6. The molecule has 0 fully saturated rings. The Hall–Kier alpha value is -1.81. The number of hydrogen-bond donors (Lipinski definition) is 1. The Balaban J connectivity index is 1.94. The lowest BCUT2D eigenvalue weighted by Crippen LogP contribution is -2.06. The SMILES string of the molecule is O=C(O)Cc1ccccc1OCCc1cccs1. The average Bonchev–Trinajstić information content (AvgIpc) is 2.84. The van der Waals surface area contributed by atoms with Gasteiger partial charge in [0, 0.05) is 16.9 Å². The molecule has 4 heteroatoms. The molecule has 0 unspecified atom stereocenters. The number of para-hydroxylation sites is 1. The van der Waals surface area contributed by atoms with E-state index in [0.717, 1.165) is 12.0 Å². The van der Waals surface area contributed by atoms with Crippen molar-refractivity contribution in [1.29, 1.82) is 0 Å². The van der Waals surface area contributed by atoms with Crippen molar-refractivity contribution in [2.75, 3.05) is 6.61 Å². The number of thiophene rings is 1. The summed E-state index contributed by atoms with van der Waals surface area (Å²) in [4.78, 5) is 12.0. The second-order valence-electron chi connectivity index (χ2n) is 3.86. The van der Waals surface area contributed by atoms with Gasteiger partial charge in [0.05, 0.1) is 13.0 Å². The summed E-state index contributed by atoms with van der Waals surface area (Å²) in [5.41, 5.74) is 0.719. The minimum absolute atomic E-state index is 0.00479. The van der Waals surface area contributed by atoms with Crippen molar-refractivity contribution in [1.82, 2.24) is 0 Å². The summed E-state index contributed by atoms with van der Waals surface area (Å²) >= 11 is 1.70. The molecule has 1 heterocycles. The van der Waals surface area contributed by atoms with Gasteiger partial charge in [0.25, 0.3) is 0 Å². The van der Waals surface area contributed by atoms with Gasteiger partial charge in [-0.3, -0.25) is 4.79 Å². The average molecular weight is 262 g/mol. The van der Waals surface area contributed by atoms with Crippen LogP contribution in [0.1, 0.15) is 10.4 Å². The Kier molecular flexibility index (Phi) is 4.36. The summed E-state index contributed by atoms with van der Waals surface area (Å²) in [6, 6.07) is 11.4. The van der Waals surface area contributed by atoms with Gasteiger partial charge >= 0.3 is 5.97 Å². The van der Waals surface area contributed by atoms with Gasteiger partial charge in [-0.05, 0) is 17.5 Å². The maximum atomic E-state index is 10.7. The van der Waals surface area contributed by atoms with E-state index in [1.54, 1.807) is 17.4 Å². The van der Waals surface area contributed by atoms with Crippen LogP contribution in [-0.2, 0) is 17.6 Å². The maximum Gasteiger partial charge on any atom is 0.307 e. The lowest BCUT2D eigenvalue weighted by Gasteiger charge is -2.09. The zero-order valence-corrected chi connectivity index (χ0v) is 10.7. The van der Waals surface area contributed by atoms with Crippen LogP contribution >= 0.6 is 11.3 Å². The number of carboxylic acids is 1. The molecule has 0 aliphatic carbocycles. The van der Waals surface area contributed by atoms with Crippen molar-refractivity contribution in [2.24, 2.45) is 0 Å². The van der Waals surface area contributed by atoms with E-state index in [4.69, 9.17) is 9.84 Å². The molecule has 0 amide bonds. The van der Waals surface area contributed by atoms with Crippen molar-refractivity contribution in [2.45, 2.75) is 12.8 Å². The molecule has 0 spiro atoms. The smallest absolute Gasteiger partial charge is 0.307 e. The van der Waals surface area contributed by atoms with Crippen molar-refractivity contribution < 1.29 is 14.6 Å². The van der Waals surface area contributed by atoms with Gasteiger partial charge < -0.3 is 9.84 Å². The molecule has 0 aliphatic rings. The highest BCUT2D eigenvalue weighted by Gasteiger charge is 2.07. The molecular formula is C14H14O3S. The first-order chi connectivity index (χ1) is 8.75. The van der Waals surface area contributed by atoms with Gasteiger partial charge in [-0.15, -0.1) is 11.3 Å². The largest absolute Gasteiger partial charge is 0.493 e. The predicted molar refractivity (Wildman–Crippen MR) is 71.3 cm³/mol. The van der Waals surface area contributed by atoms with Gasteiger partial charge in [-0.2, -0.15) is 0 Å². The lowest BCUT2D eigenvalue weighted by molar-refractivity contribution is -0.136. The summed E-state index contributed by atoms with van der Waals surface area (Å²) in [6.45, 7) is 0.567. The predicted octanol–water partition coefficient (Wildman–Crippen LogP) is 3.00. The van der Waals surface area contributed by atoms with Crippen LogP contribution in [0.2, 0.25) is 0 Å². The molecule has 0 saturated heterocycles. The summed E-state index contributed by atoms with van der Waals surface area (Å²) in [7, 11) is 0. The number of carboxylic acid groups (broad SMARTS) is 1. The molecule has 0 atom stereocenters. The Morgan fingerprint density at radius 2 is 2.06 bits per heavy atom. The molecule has 1 N–H and O–H groups in total. The van der Waals surface area contributed by atoms with Crippen LogP contribution in [-0.4, -0.2) is 17.7 Å². The molecule has 94 valence electrons. The quantitative estimate of drug-likeness (QED) is 0.870. The van der Waals surface area contributed by atoms with Gasteiger partial charge in [-0.25, -0.2) is 0 Å². The highest BCUT2D eigenvalue weighted by Crippen LogP contribution is 2.19. The zero-order chi connectivity index (χ0) is 12.8. The van der Waals surface area contributed by atoms with Crippen LogP contribution in [0.25, 0.3) is 0 Å². The third-order valence-electron chi connectivity index (χ3n) is 2.50. The fourth-order valence-electron chi connectivity index (χ4n) is 1.67. The molecule has 3 nitrogen and oxygen atoms in total. The highest BCUT2D eigenvalue weighted by molar-refractivity contribution is 7.09. The van der Waals surface area contributed by atoms with Crippen LogP contribution in [0.5, 0.6) is 5.75 Å².